The summed E-state index contributed by atoms with van der Waals surface area (Å²) < 4.78 is 8.97. The third-order valence-corrected chi connectivity index (χ3v) is 7.32. The molecule has 0 spiro atoms. The molecule has 0 bridgehead atoms. The van der Waals surface area contributed by atoms with Gasteiger partial charge in [-0.3, -0.25) is 5.43 Å². The highest BCUT2D eigenvalue weighted by Crippen LogP contribution is 2.30. The molecule has 7 nitrogen and oxygen atoms in total. The van der Waals surface area contributed by atoms with Crippen LogP contribution in [0.1, 0.15) is 16.7 Å². The van der Waals surface area contributed by atoms with Crippen LogP contribution in [0.2, 0.25) is 0 Å². The topological polar surface area (TPSA) is 67.2 Å². The molecule has 0 saturated carbocycles. The number of hydrogen-bond acceptors (Lipinski definition) is 7. The second-order valence-corrected chi connectivity index (χ2v) is 9.78. The third kappa shape index (κ3) is 4.60. The summed E-state index contributed by atoms with van der Waals surface area (Å²) in [5.74, 6) is 1.56. The van der Waals surface area contributed by atoms with E-state index in [9.17, 15) is 0 Å². The molecule has 1 fully saturated rings. The maximum atomic E-state index is 5.53. The molecule has 0 atom stereocenters. The molecular weight excluding hydrogens is 456 g/mol. The van der Waals surface area contributed by atoms with E-state index in [1.54, 1.807) is 11.3 Å². The molecule has 1 saturated heterocycles. The van der Waals surface area contributed by atoms with Gasteiger partial charge in [-0.2, -0.15) is 4.98 Å². The Bertz CT molecular complexity index is 1450. The molecule has 0 unspecified atom stereocenters. The van der Waals surface area contributed by atoms with Gasteiger partial charge in [-0.05, 0) is 35.6 Å². The van der Waals surface area contributed by atoms with Crippen LogP contribution in [0, 0.1) is 6.92 Å². The molecule has 0 amide bonds. The number of nitrogens with zero attached hydrogens (tertiary/aromatic N) is 4. The SMILES string of the molecule is Cc1ccc(Cn2cc(CNNc3nc(N4CCOCC4)c4sccc4n3)c3ccccc32)cc1. The highest BCUT2D eigenvalue weighted by atomic mass is 32.1. The van der Waals surface area contributed by atoms with Crippen LogP contribution in [0.25, 0.3) is 21.1 Å². The zero-order valence-electron chi connectivity index (χ0n) is 19.7. The molecule has 3 aromatic heterocycles. The molecular formula is C27H28N6OS. The minimum absolute atomic E-state index is 0.584. The van der Waals surface area contributed by atoms with Gasteiger partial charge in [0.15, 0.2) is 5.82 Å². The average molecular weight is 485 g/mol. The molecule has 2 N–H and O–H groups in total. The monoisotopic (exact) mass is 484 g/mol. The summed E-state index contributed by atoms with van der Waals surface area (Å²) in [5.41, 5.74) is 12.6. The lowest BCUT2D eigenvalue weighted by Gasteiger charge is -2.28. The number of morpholine rings is 1. The number of hydrazine groups is 1. The summed E-state index contributed by atoms with van der Waals surface area (Å²) in [7, 11) is 0. The van der Waals surface area contributed by atoms with E-state index in [-0.39, 0.29) is 0 Å². The number of benzene rings is 2. The predicted molar refractivity (Wildman–Crippen MR) is 143 cm³/mol. The van der Waals surface area contributed by atoms with Crippen LogP contribution in [0.3, 0.4) is 0 Å². The van der Waals surface area contributed by atoms with Crippen molar-refractivity contribution in [3.05, 3.63) is 82.9 Å². The second kappa shape index (κ2) is 9.65. The van der Waals surface area contributed by atoms with Crippen molar-refractivity contribution in [3.8, 4) is 0 Å². The lowest BCUT2D eigenvalue weighted by Crippen LogP contribution is -2.37. The van der Waals surface area contributed by atoms with Gasteiger partial charge in [-0.1, -0.05) is 48.0 Å². The third-order valence-electron chi connectivity index (χ3n) is 6.42. The minimum Gasteiger partial charge on any atom is -0.378 e. The molecule has 8 heteroatoms. The van der Waals surface area contributed by atoms with Gasteiger partial charge in [-0.25, -0.2) is 10.4 Å². The van der Waals surface area contributed by atoms with E-state index < -0.39 is 0 Å². The molecule has 0 aliphatic carbocycles. The van der Waals surface area contributed by atoms with Gasteiger partial charge in [-0.15, -0.1) is 11.3 Å². The van der Waals surface area contributed by atoms with Crippen molar-refractivity contribution in [3.63, 3.8) is 0 Å². The van der Waals surface area contributed by atoms with Gasteiger partial charge >= 0.3 is 0 Å². The van der Waals surface area contributed by atoms with Gasteiger partial charge in [0.1, 0.15) is 0 Å². The number of anilines is 2. The second-order valence-electron chi connectivity index (χ2n) is 8.87. The summed E-state index contributed by atoms with van der Waals surface area (Å²) in [6.07, 6.45) is 2.24. The zero-order chi connectivity index (χ0) is 23.6. The Labute approximate surface area is 208 Å². The maximum absolute atomic E-state index is 5.53. The van der Waals surface area contributed by atoms with Crippen LogP contribution >= 0.6 is 11.3 Å². The number of nitrogens with one attached hydrogen (secondary N) is 2. The molecule has 178 valence electrons. The fourth-order valence-corrected chi connectivity index (χ4v) is 5.44. The number of hydrogen-bond donors (Lipinski definition) is 2. The number of rotatable bonds is 7. The van der Waals surface area contributed by atoms with Crippen LogP contribution in [-0.4, -0.2) is 40.8 Å². The van der Waals surface area contributed by atoms with Gasteiger partial charge in [0.25, 0.3) is 0 Å². The first kappa shape index (κ1) is 22.0. The van der Waals surface area contributed by atoms with E-state index in [4.69, 9.17) is 14.7 Å². The van der Waals surface area contributed by atoms with Crippen molar-refractivity contribution in [2.75, 3.05) is 36.6 Å². The number of ether oxygens (including phenoxy) is 1. The van der Waals surface area contributed by atoms with Crippen LogP contribution < -0.4 is 15.8 Å². The normalized spacial score (nSPS) is 14.1. The van der Waals surface area contributed by atoms with Gasteiger partial charge in [0, 0.05) is 43.3 Å². The van der Waals surface area contributed by atoms with Crippen molar-refractivity contribution < 1.29 is 4.74 Å². The molecule has 1 aliphatic rings. The van der Waals surface area contributed by atoms with E-state index in [1.807, 2.05) is 0 Å². The number of aromatic nitrogens is 3. The molecule has 5 aromatic rings. The molecule has 0 radical (unpaired) electrons. The maximum Gasteiger partial charge on any atom is 0.239 e. The summed E-state index contributed by atoms with van der Waals surface area (Å²) >= 11 is 1.68. The van der Waals surface area contributed by atoms with Gasteiger partial charge in [0.05, 0.1) is 23.4 Å². The Balaban J connectivity index is 1.21. The minimum atomic E-state index is 0.584. The Hall–Kier alpha value is -3.46. The van der Waals surface area contributed by atoms with Crippen molar-refractivity contribution >= 4 is 44.2 Å². The Morgan fingerprint density at radius 3 is 2.69 bits per heavy atom. The van der Waals surface area contributed by atoms with E-state index in [2.05, 4.69) is 93.4 Å². The largest absolute Gasteiger partial charge is 0.378 e. The summed E-state index contributed by atoms with van der Waals surface area (Å²) in [6, 6.07) is 19.4. The number of fused-ring (bicyclic) bond motifs is 2. The van der Waals surface area contributed by atoms with Crippen molar-refractivity contribution in [1.82, 2.24) is 20.0 Å². The van der Waals surface area contributed by atoms with Gasteiger partial charge < -0.3 is 14.2 Å². The van der Waals surface area contributed by atoms with Crippen molar-refractivity contribution in [2.45, 2.75) is 20.0 Å². The average Bonchev–Trinajstić information content (AvgIpc) is 3.51. The highest BCUT2D eigenvalue weighted by molar-refractivity contribution is 7.17. The Kier molecular flexibility index (Phi) is 6.08. The van der Waals surface area contributed by atoms with E-state index in [1.165, 1.54) is 27.6 Å². The fraction of sp³-hybridized carbons (Fsp3) is 0.259. The molecule has 2 aromatic carbocycles. The zero-order valence-corrected chi connectivity index (χ0v) is 20.5. The number of aryl methyl sites for hydroxylation is 1. The number of thiophene rings is 1. The van der Waals surface area contributed by atoms with Crippen LogP contribution in [0.4, 0.5) is 11.8 Å². The smallest absolute Gasteiger partial charge is 0.239 e. The first-order chi connectivity index (χ1) is 17.2. The highest BCUT2D eigenvalue weighted by Gasteiger charge is 2.18. The van der Waals surface area contributed by atoms with Crippen LogP contribution in [0.5, 0.6) is 0 Å². The van der Waals surface area contributed by atoms with E-state index in [0.717, 1.165) is 48.9 Å². The molecule has 35 heavy (non-hydrogen) atoms. The molecule has 4 heterocycles. The lowest BCUT2D eigenvalue weighted by molar-refractivity contribution is 0.122. The standard InChI is InChI=1S/C27H28N6OS/c1-19-6-8-20(9-7-19)17-33-18-21(22-4-2-3-5-24(22)33)16-28-31-27-29-23-10-15-35-25(23)26(30-27)32-11-13-34-14-12-32/h2-10,15,18,28H,11-14,16-17H2,1H3,(H,29,30,31). The van der Waals surface area contributed by atoms with Crippen LogP contribution in [-0.2, 0) is 17.8 Å². The Morgan fingerprint density at radius 1 is 1.00 bits per heavy atom. The predicted octanol–water partition coefficient (Wildman–Crippen LogP) is 4.96. The van der Waals surface area contributed by atoms with E-state index in [0.29, 0.717) is 12.5 Å². The molecule has 6 rings (SSSR count). The summed E-state index contributed by atoms with van der Waals surface area (Å²) in [5, 5.41) is 3.32. The first-order valence-corrected chi connectivity index (χ1v) is 12.8. The first-order valence-electron chi connectivity index (χ1n) is 11.9. The molecule has 1 aliphatic heterocycles. The summed E-state index contributed by atoms with van der Waals surface area (Å²) in [6.45, 7) is 6.76. The lowest BCUT2D eigenvalue weighted by atomic mass is 10.1. The Morgan fingerprint density at radius 2 is 1.83 bits per heavy atom. The van der Waals surface area contributed by atoms with Crippen molar-refractivity contribution in [2.24, 2.45) is 0 Å². The quantitative estimate of drug-likeness (QED) is 0.319. The van der Waals surface area contributed by atoms with E-state index >= 15 is 0 Å². The summed E-state index contributed by atoms with van der Waals surface area (Å²) in [4.78, 5) is 11.8. The van der Waals surface area contributed by atoms with Gasteiger partial charge in [0.2, 0.25) is 5.95 Å². The number of para-hydroxylation sites is 1. The van der Waals surface area contributed by atoms with Crippen molar-refractivity contribution in [1.29, 1.82) is 0 Å². The fourth-order valence-electron chi connectivity index (χ4n) is 4.60. The van der Waals surface area contributed by atoms with Crippen LogP contribution in [0.15, 0.2) is 66.2 Å².